The molecule has 1 amide bonds. The SMILES string of the molecule is N[C@@H]1CCN(C(=O)CCCc2cc(Cl)sc2Cl)C1. The number of amides is 1. The third-order valence-corrected chi connectivity index (χ3v) is 4.71. The third kappa shape index (κ3) is 3.60. The van der Waals surface area contributed by atoms with Crippen LogP contribution in [0.15, 0.2) is 6.07 Å². The standard InChI is InChI=1S/C12H16Cl2N2OS/c13-10-6-8(12(14)18-10)2-1-3-11(17)16-5-4-9(15)7-16/h6,9H,1-5,7,15H2/t9-/m1/s1. The lowest BCUT2D eigenvalue weighted by atomic mass is 10.1. The van der Waals surface area contributed by atoms with Crippen LogP contribution in [0.2, 0.25) is 8.67 Å². The number of hydrogen-bond donors (Lipinski definition) is 1. The van der Waals surface area contributed by atoms with Gasteiger partial charge in [-0.2, -0.15) is 0 Å². The first-order valence-corrected chi connectivity index (χ1v) is 7.60. The van der Waals surface area contributed by atoms with Crippen LogP contribution in [0.25, 0.3) is 0 Å². The molecule has 1 saturated heterocycles. The molecule has 1 aromatic heterocycles. The summed E-state index contributed by atoms with van der Waals surface area (Å²) in [4.78, 5) is 13.7. The van der Waals surface area contributed by atoms with Crippen molar-refractivity contribution in [1.82, 2.24) is 4.90 Å². The lowest BCUT2D eigenvalue weighted by Gasteiger charge is -2.15. The molecule has 0 unspecified atom stereocenters. The van der Waals surface area contributed by atoms with Gasteiger partial charge in [0, 0.05) is 25.6 Å². The molecule has 100 valence electrons. The first kappa shape index (κ1) is 14.1. The van der Waals surface area contributed by atoms with Crippen molar-refractivity contribution in [3.8, 4) is 0 Å². The molecular formula is C12H16Cl2N2OS. The highest BCUT2D eigenvalue weighted by atomic mass is 35.5. The molecule has 6 heteroatoms. The minimum absolute atomic E-state index is 0.152. The van der Waals surface area contributed by atoms with Crippen molar-refractivity contribution in [2.45, 2.75) is 31.7 Å². The van der Waals surface area contributed by atoms with Crippen molar-refractivity contribution in [1.29, 1.82) is 0 Å². The summed E-state index contributed by atoms with van der Waals surface area (Å²) in [5.41, 5.74) is 6.82. The quantitative estimate of drug-likeness (QED) is 0.929. The smallest absolute Gasteiger partial charge is 0.222 e. The Labute approximate surface area is 121 Å². The Balaban J connectivity index is 1.75. The van der Waals surface area contributed by atoms with E-state index in [2.05, 4.69) is 0 Å². The lowest BCUT2D eigenvalue weighted by molar-refractivity contribution is -0.130. The average Bonchev–Trinajstić information content (AvgIpc) is 2.86. The second-order valence-electron chi connectivity index (χ2n) is 4.59. The van der Waals surface area contributed by atoms with E-state index in [1.807, 2.05) is 11.0 Å². The lowest BCUT2D eigenvalue weighted by Crippen LogP contribution is -2.31. The van der Waals surface area contributed by atoms with Gasteiger partial charge in [-0.1, -0.05) is 23.2 Å². The summed E-state index contributed by atoms with van der Waals surface area (Å²) in [5, 5.41) is 0. The number of carbonyl (C=O) groups excluding carboxylic acids is 1. The number of aryl methyl sites for hydroxylation is 1. The second-order valence-corrected chi connectivity index (χ2v) is 6.88. The van der Waals surface area contributed by atoms with Crippen molar-refractivity contribution in [3.63, 3.8) is 0 Å². The van der Waals surface area contributed by atoms with Gasteiger partial charge in [0.15, 0.2) is 0 Å². The van der Waals surface area contributed by atoms with Gasteiger partial charge < -0.3 is 10.6 Å². The molecule has 1 aliphatic heterocycles. The largest absolute Gasteiger partial charge is 0.341 e. The molecular weight excluding hydrogens is 291 g/mol. The van der Waals surface area contributed by atoms with Crippen LogP contribution < -0.4 is 5.73 Å². The van der Waals surface area contributed by atoms with Gasteiger partial charge in [0.2, 0.25) is 5.91 Å². The van der Waals surface area contributed by atoms with E-state index >= 15 is 0 Å². The van der Waals surface area contributed by atoms with Crippen LogP contribution in [0, 0.1) is 0 Å². The highest BCUT2D eigenvalue weighted by Gasteiger charge is 2.22. The molecule has 0 saturated carbocycles. The number of halogens is 2. The summed E-state index contributed by atoms with van der Waals surface area (Å²) in [6, 6.07) is 2.03. The Morgan fingerprint density at radius 2 is 2.33 bits per heavy atom. The normalized spacial score (nSPS) is 19.5. The van der Waals surface area contributed by atoms with Crippen LogP contribution in [-0.2, 0) is 11.2 Å². The van der Waals surface area contributed by atoms with E-state index in [-0.39, 0.29) is 11.9 Å². The molecule has 0 bridgehead atoms. The fraction of sp³-hybridized carbons (Fsp3) is 0.583. The number of rotatable bonds is 4. The fourth-order valence-electron chi connectivity index (χ4n) is 2.15. The van der Waals surface area contributed by atoms with Crippen molar-refractivity contribution in [2.75, 3.05) is 13.1 Å². The molecule has 1 atom stereocenters. The zero-order valence-electron chi connectivity index (χ0n) is 9.99. The van der Waals surface area contributed by atoms with Crippen molar-refractivity contribution in [3.05, 3.63) is 20.3 Å². The number of hydrogen-bond acceptors (Lipinski definition) is 3. The van der Waals surface area contributed by atoms with E-state index in [0.29, 0.717) is 17.3 Å². The summed E-state index contributed by atoms with van der Waals surface area (Å²) in [6.07, 6.45) is 3.07. The van der Waals surface area contributed by atoms with Gasteiger partial charge in [-0.15, -0.1) is 11.3 Å². The van der Waals surface area contributed by atoms with Gasteiger partial charge in [0.25, 0.3) is 0 Å². The zero-order valence-corrected chi connectivity index (χ0v) is 12.3. The Kier molecular flexibility index (Phi) is 4.90. The van der Waals surface area contributed by atoms with E-state index < -0.39 is 0 Å². The van der Waals surface area contributed by atoms with E-state index in [1.54, 1.807) is 0 Å². The maximum Gasteiger partial charge on any atom is 0.222 e. The van der Waals surface area contributed by atoms with Gasteiger partial charge in [-0.3, -0.25) is 4.79 Å². The number of carbonyl (C=O) groups is 1. The topological polar surface area (TPSA) is 46.3 Å². The van der Waals surface area contributed by atoms with Gasteiger partial charge in [0.05, 0.1) is 8.67 Å². The Bertz CT molecular complexity index is 436. The Morgan fingerprint density at radius 3 is 2.89 bits per heavy atom. The molecule has 2 rings (SSSR count). The highest BCUT2D eigenvalue weighted by Crippen LogP contribution is 2.32. The monoisotopic (exact) mass is 306 g/mol. The molecule has 0 radical (unpaired) electrons. The molecule has 3 nitrogen and oxygen atoms in total. The van der Waals surface area contributed by atoms with E-state index in [9.17, 15) is 4.79 Å². The zero-order chi connectivity index (χ0) is 13.1. The van der Waals surface area contributed by atoms with Crippen molar-refractivity contribution in [2.24, 2.45) is 5.73 Å². The summed E-state index contributed by atoms with van der Waals surface area (Å²) in [7, 11) is 0. The fourth-order valence-corrected chi connectivity index (χ4v) is 3.69. The van der Waals surface area contributed by atoms with Gasteiger partial charge in [-0.05, 0) is 30.9 Å². The van der Waals surface area contributed by atoms with Crippen LogP contribution in [0.1, 0.15) is 24.8 Å². The van der Waals surface area contributed by atoms with E-state index in [4.69, 9.17) is 28.9 Å². The maximum absolute atomic E-state index is 11.9. The van der Waals surface area contributed by atoms with Gasteiger partial charge in [-0.25, -0.2) is 0 Å². The van der Waals surface area contributed by atoms with Gasteiger partial charge >= 0.3 is 0 Å². The molecule has 0 aromatic carbocycles. The third-order valence-electron chi connectivity index (χ3n) is 3.14. The summed E-state index contributed by atoms with van der Waals surface area (Å²) < 4.78 is 1.43. The van der Waals surface area contributed by atoms with E-state index in [1.165, 1.54) is 11.3 Å². The average molecular weight is 307 g/mol. The summed E-state index contributed by atoms with van der Waals surface area (Å²) in [6.45, 7) is 1.49. The minimum Gasteiger partial charge on any atom is -0.341 e. The van der Waals surface area contributed by atoms with Crippen molar-refractivity contribution >= 4 is 40.4 Å². The molecule has 1 fully saturated rings. The molecule has 2 heterocycles. The highest BCUT2D eigenvalue weighted by molar-refractivity contribution is 7.20. The molecule has 18 heavy (non-hydrogen) atoms. The van der Waals surface area contributed by atoms with Gasteiger partial charge in [0.1, 0.15) is 0 Å². The molecule has 1 aliphatic rings. The second kappa shape index (κ2) is 6.24. The maximum atomic E-state index is 11.9. The van der Waals surface area contributed by atoms with Crippen LogP contribution in [0.3, 0.4) is 0 Å². The van der Waals surface area contributed by atoms with Crippen LogP contribution in [0.5, 0.6) is 0 Å². The predicted octanol–water partition coefficient (Wildman–Crippen LogP) is 2.94. The Hall–Kier alpha value is -0.290. The van der Waals surface area contributed by atoms with Crippen LogP contribution in [-0.4, -0.2) is 29.9 Å². The molecule has 0 aliphatic carbocycles. The van der Waals surface area contributed by atoms with Crippen LogP contribution >= 0.6 is 34.5 Å². The van der Waals surface area contributed by atoms with Crippen LogP contribution in [0.4, 0.5) is 0 Å². The number of nitrogens with zero attached hydrogens (tertiary/aromatic N) is 1. The molecule has 1 aromatic rings. The molecule has 0 spiro atoms. The summed E-state index contributed by atoms with van der Waals surface area (Å²) >= 11 is 13.3. The first-order chi connectivity index (χ1) is 8.56. The van der Waals surface area contributed by atoms with Crippen molar-refractivity contribution < 1.29 is 4.79 Å². The number of nitrogens with two attached hydrogens (primary N) is 1. The minimum atomic E-state index is 0.152. The van der Waals surface area contributed by atoms with E-state index in [0.717, 1.165) is 35.7 Å². The number of likely N-dealkylation sites (tertiary alicyclic amines) is 1. The first-order valence-electron chi connectivity index (χ1n) is 6.03. The Morgan fingerprint density at radius 1 is 1.56 bits per heavy atom. The predicted molar refractivity (Wildman–Crippen MR) is 76.4 cm³/mol. The molecule has 2 N–H and O–H groups in total. The number of thiophene rings is 1. The summed E-state index contributed by atoms with van der Waals surface area (Å²) in [5.74, 6) is 0.195.